The summed E-state index contributed by atoms with van der Waals surface area (Å²) in [5.74, 6) is 0.221. The smallest absolute Gasteiger partial charge is 0.264 e. The van der Waals surface area contributed by atoms with Crippen LogP contribution >= 0.6 is 11.3 Å². The highest BCUT2D eigenvalue weighted by Crippen LogP contribution is 2.27. The maximum Gasteiger partial charge on any atom is 0.264 e. The third-order valence-corrected chi connectivity index (χ3v) is 5.55. The van der Waals surface area contributed by atoms with Gasteiger partial charge < -0.3 is 4.90 Å². The molecule has 116 valence electrons. The molecule has 0 bridgehead atoms. The Labute approximate surface area is 136 Å². The molecule has 3 heteroatoms. The first kappa shape index (κ1) is 15.3. The van der Waals surface area contributed by atoms with Gasteiger partial charge in [0.2, 0.25) is 0 Å². The van der Waals surface area contributed by atoms with Crippen molar-refractivity contribution in [2.24, 2.45) is 0 Å². The minimum atomic E-state index is 0.221. The van der Waals surface area contributed by atoms with E-state index in [-0.39, 0.29) is 5.91 Å². The van der Waals surface area contributed by atoms with Crippen molar-refractivity contribution in [1.82, 2.24) is 4.90 Å². The Morgan fingerprint density at radius 2 is 2.05 bits per heavy atom. The van der Waals surface area contributed by atoms with Gasteiger partial charge in [0.25, 0.3) is 5.91 Å². The summed E-state index contributed by atoms with van der Waals surface area (Å²) >= 11 is 1.57. The molecule has 1 heterocycles. The number of hydrogen-bond acceptors (Lipinski definition) is 2. The maximum atomic E-state index is 13.0. The van der Waals surface area contributed by atoms with Gasteiger partial charge in [-0.05, 0) is 60.7 Å². The molecule has 1 amide bonds. The van der Waals surface area contributed by atoms with Crippen molar-refractivity contribution < 1.29 is 4.79 Å². The quantitative estimate of drug-likeness (QED) is 0.815. The van der Waals surface area contributed by atoms with Crippen LogP contribution in [0.1, 0.15) is 46.1 Å². The van der Waals surface area contributed by atoms with E-state index in [1.165, 1.54) is 11.1 Å². The van der Waals surface area contributed by atoms with Gasteiger partial charge in [0.1, 0.15) is 0 Å². The average Bonchev–Trinajstić information content (AvgIpc) is 2.97. The molecule has 0 aliphatic heterocycles. The van der Waals surface area contributed by atoms with Gasteiger partial charge >= 0.3 is 0 Å². The Bertz CT molecular complexity index is 661. The fraction of sp³-hybridized carbons (Fsp3) is 0.421. The molecule has 2 aromatic rings. The zero-order valence-electron chi connectivity index (χ0n) is 13.3. The number of benzene rings is 1. The van der Waals surface area contributed by atoms with Crippen LogP contribution < -0.4 is 0 Å². The van der Waals surface area contributed by atoms with E-state index >= 15 is 0 Å². The maximum absolute atomic E-state index is 13.0. The van der Waals surface area contributed by atoms with Gasteiger partial charge in [-0.2, -0.15) is 0 Å². The van der Waals surface area contributed by atoms with Crippen LogP contribution in [0.3, 0.4) is 0 Å². The monoisotopic (exact) mass is 313 g/mol. The summed E-state index contributed by atoms with van der Waals surface area (Å²) in [7, 11) is 0. The number of aryl methyl sites for hydroxylation is 2. The normalized spacial score (nSPS) is 17.1. The van der Waals surface area contributed by atoms with Crippen molar-refractivity contribution in [2.45, 2.75) is 45.6 Å². The lowest BCUT2D eigenvalue weighted by Gasteiger charge is -2.35. The molecule has 2 nitrogen and oxygen atoms in total. The second-order valence-corrected chi connectivity index (χ2v) is 7.01. The second-order valence-electron chi connectivity index (χ2n) is 6.10. The number of carbonyl (C=O) groups excluding carboxylic acids is 1. The highest BCUT2D eigenvalue weighted by atomic mass is 32.1. The Hall–Kier alpha value is -1.61. The molecule has 22 heavy (non-hydrogen) atoms. The molecule has 1 aromatic heterocycles. The van der Waals surface area contributed by atoms with E-state index in [9.17, 15) is 4.79 Å². The first-order valence-electron chi connectivity index (χ1n) is 8.12. The number of carbonyl (C=O) groups is 1. The lowest BCUT2D eigenvalue weighted by atomic mass is 9.87. The van der Waals surface area contributed by atoms with Gasteiger partial charge in [-0.25, -0.2) is 0 Å². The number of hydrogen-bond donors (Lipinski definition) is 0. The third-order valence-electron chi connectivity index (χ3n) is 4.54. The van der Waals surface area contributed by atoms with Crippen LogP contribution in [0.15, 0.2) is 35.7 Å². The summed E-state index contributed by atoms with van der Waals surface area (Å²) in [6.07, 6.45) is 4.16. The number of fused-ring (bicyclic) bond motifs is 1. The standard InChI is InChI=1S/C19H23NOS/c1-3-11-20(19(21)18-14(2)10-12-22-18)17-9-8-15-6-4-5-7-16(15)13-17/h4-7,10,12,17H,3,8-9,11,13H2,1-2H3/t17-/m1/s1. The molecule has 1 atom stereocenters. The summed E-state index contributed by atoms with van der Waals surface area (Å²) in [4.78, 5) is 16.0. The van der Waals surface area contributed by atoms with Crippen molar-refractivity contribution in [1.29, 1.82) is 0 Å². The lowest BCUT2D eigenvalue weighted by molar-refractivity contribution is 0.0666. The summed E-state index contributed by atoms with van der Waals surface area (Å²) in [6.45, 7) is 5.03. The number of amides is 1. The first-order valence-corrected chi connectivity index (χ1v) is 9.00. The van der Waals surface area contributed by atoms with Gasteiger partial charge in [-0.3, -0.25) is 4.79 Å². The molecule has 0 N–H and O–H groups in total. The van der Waals surface area contributed by atoms with Crippen LogP contribution in [0.25, 0.3) is 0 Å². The lowest BCUT2D eigenvalue weighted by Crippen LogP contribution is -2.43. The van der Waals surface area contributed by atoms with Crippen LogP contribution in [-0.2, 0) is 12.8 Å². The molecule has 0 spiro atoms. The van der Waals surface area contributed by atoms with Crippen molar-refractivity contribution in [2.75, 3.05) is 6.54 Å². The minimum Gasteiger partial charge on any atom is -0.335 e. The van der Waals surface area contributed by atoms with Gasteiger partial charge in [-0.1, -0.05) is 31.2 Å². The second kappa shape index (κ2) is 6.66. The Kier molecular flexibility index (Phi) is 4.63. The molecule has 0 radical (unpaired) electrons. The zero-order chi connectivity index (χ0) is 15.5. The molecular formula is C19H23NOS. The van der Waals surface area contributed by atoms with Crippen molar-refractivity contribution >= 4 is 17.2 Å². The first-order chi connectivity index (χ1) is 10.7. The van der Waals surface area contributed by atoms with Gasteiger partial charge in [0, 0.05) is 12.6 Å². The number of thiophene rings is 1. The van der Waals surface area contributed by atoms with Crippen LogP contribution in [0.2, 0.25) is 0 Å². The number of nitrogens with zero attached hydrogens (tertiary/aromatic N) is 1. The van der Waals surface area contributed by atoms with Crippen LogP contribution in [0, 0.1) is 6.92 Å². The Morgan fingerprint density at radius 1 is 1.27 bits per heavy atom. The predicted octanol–water partition coefficient (Wildman–Crippen LogP) is 4.47. The van der Waals surface area contributed by atoms with E-state index in [0.29, 0.717) is 6.04 Å². The highest BCUT2D eigenvalue weighted by Gasteiger charge is 2.28. The van der Waals surface area contributed by atoms with E-state index in [1.54, 1.807) is 11.3 Å². The van der Waals surface area contributed by atoms with Gasteiger partial charge in [0.05, 0.1) is 4.88 Å². The van der Waals surface area contributed by atoms with Crippen LogP contribution in [0.5, 0.6) is 0 Å². The largest absolute Gasteiger partial charge is 0.335 e. The van der Waals surface area contributed by atoms with Crippen molar-refractivity contribution in [3.63, 3.8) is 0 Å². The van der Waals surface area contributed by atoms with Gasteiger partial charge in [0.15, 0.2) is 0 Å². The van der Waals surface area contributed by atoms with E-state index in [4.69, 9.17) is 0 Å². The van der Waals surface area contributed by atoms with Crippen LogP contribution in [0.4, 0.5) is 0 Å². The fourth-order valence-electron chi connectivity index (χ4n) is 3.36. The molecule has 1 aromatic carbocycles. The van der Waals surface area contributed by atoms with Gasteiger partial charge in [-0.15, -0.1) is 11.3 Å². The summed E-state index contributed by atoms with van der Waals surface area (Å²) in [6, 6.07) is 11.0. The Morgan fingerprint density at radius 3 is 2.73 bits per heavy atom. The SMILES string of the molecule is CCCN(C(=O)c1sccc1C)[C@@H]1CCc2ccccc2C1. The van der Waals surface area contributed by atoms with Crippen molar-refractivity contribution in [3.8, 4) is 0 Å². The van der Waals surface area contributed by atoms with E-state index in [1.807, 2.05) is 18.4 Å². The van der Waals surface area contributed by atoms with E-state index in [0.717, 1.165) is 42.7 Å². The van der Waals surface area contributed by atoms with E-state index < -0.39 is 0 Å². The molecule has 3 rings (SSSR count). The molecule has 0 saturated carbocycles. The topological polar surface area (TPSA) is 20.3 Å². The summed E-state index contributed by atoms with van der Waals surface area (Å²) < 4.78 is 0. The van der Waals surface area contributed by atoms with Crippen molar-refractivity contribution in [3.05, 3.63) is 57.3 Å². The molecule has 0 fully saturated rings. The summed E-state index contributed by atoms with van der Waals surface area (Å²) in [5.41, 5.74) is 3.97. The molecule has 1 aliphatic rings. The average molecular weight is 313 g/mol. The molecular weight excluding hydrogens is 290 g/mol. The fourth-order valence-corrected chi connectivity index (χ4v) is 4.24. The minimum absolute atomic E-state index is 0.221. The predicted molar refractivity (Wildman–Crippen MR) is 92.6 cm³/mol. The zero-order valence-corrected chi connectivity index (χ0v) is 14.2. The third kappa shape index (κ3) is 2.95. The highest BCUT2D eigenvalue weighted by molar-refractivity contribution is 7.12. The number of rotatable bonds is 4. The Balaban J connectivity index is 1.83. The molecule has 0 saturated heterocycles. The van der Waals surface area contributed by atoms with E-state index in [2.05, 4.69) is 36.1 Å². The molecule has 1 aliphatic carbocycles. The van der Waals surface area contributed by atoms with Crippen LogP contribution in [-0.4, -0.2) is 23.4 Å². The molecule has 0 unspecified atom stereocenters. The summed E-state index contributed by atoms with van der Waals surface area (Å²) in [5, 5.41) is 2.02.